The molecule has 25 heavy (non-hydrogen) atoms. The van der Waals surface area contributed by atoms with E-state index in [1.54, 1.807) is 23.8 Å². The van der Waals surface area contributed by atoms with E-state index in [9.17, 15) is 9.59 Å². The number of carbonyl (C=O) groups excluding carboxylic acids is 1. The molecule has 1 amide bonds. The SMILES string of the molecule is NC(=O)c1csc(Cc2cc(-c3cc[nH]c(=O)c3)cc3[nH]ncc23)n1. The highest BCUT2D eigenvalue weighted by molar-refractivity contribution is 7.09. The van der Waals surface area contributed by atoms with Crippen molar-refractivity contribution in [3.63, 3.8) is 0 Å². The van der Waals surface area contributed by atoms with Gasteiger partial charge < -0.3 is 10.7 Å². The van der Waals surface area contributed by atoms with E-state index in [2.05, 4.69) is 20.2 Å². The molecule has 0 spiro atoms. The van der Waals surface area contributed by atoms with E-state index in [0.717, 1.165) is 32.6 Å². The first-order valence-electron chi connectivity index (χ1n) is 7.49. The molecule has 0 aliphatic rings. The molecule has 4 N–H and O–H groups in total. The summed E-state index contributed by atoms with van der Waals surface area (Å²) in [7, 11) is 0. The Morgan fingerprint density at radius 2 is 2.12 bits per heavy atom. The average molecular weight is 351 g/mol. The fourth-order valence-electron chi connectivity index (χ4n) is 2.73. The highest BCUT2D eigenvalue weighted by Gasteiger charge is 2.12. The third-order valence-corrected chi connectivity index (χ3v) is 4.75. The standard InChI is InChI=1S/C17H13N5O2S/c18-17(24)14-8-25-16(21-14)6-11-3-10(4-13-12(11)7-20-22-13)9-1-2-19-15(23)5-9/h1-5,7-8H,6H2,(H2,18,24)(H,19,23)(H,20,22). The first-order chi connectivity index (χ1) is 12.1. The number of rotatable bonds is 4. The van der Waals surface area contributed by atoms with Gasteiger partial charge in [-0.15, -0.1) is 11.3 Å². The van der Waals surface area contributed by atoms with E-state index >= 15 is 0 Å². The van der Waals surface area contributed by atoms with Crippen LogP contribution in [0, 0.1) is 0 Å². The maximum atomic E-state index is 11.6. The van der Waals surface area contributed by atoms with Crippen LogP contribution >= 0.6 is 11.3 Å². The molecule has 124 valence electrons. The predicted octanol–water partition coefficient (Wildman–Crippen LogP) is 2.06. The summed E-state index contributed by atoms with van der Waals surface area (Å²) in [5.41, 5.74) is 8.99. The molecular formula is C17H13N5O2S. The monoisotopic (exact) mass is 351 g/mol. The second-order valence-electron chi connectivity index (χ2n) is 5.58. The number of thiazole rings is 1. The molecule has 0 unspecified atom stereocenters. The summed E-state index contributed by atoms with van der Waals surface area (Å²) in [5.74, 6) is -0.534. The van der Waals surface area contributed by atoms with Crippen molar-refractivity contribution in [1.82, 2.24) is 20.2 Å². The molecular weight excluding hydrogens is 338 g/mol. The summed E-state index contributed by atoms with van der Waals surface area (Å²) in [4.78, 5) is 29.7. The number of H-pyrrole nitrogens is 2. The number of aromatic amines is 2. The molecule has 3 heterocycles. The number of nitrogens with zero attached hydrogens (tertiary/aromatic N) is 2. The van der Waals surface area contributed by atoms with Gasteiger partial charge in [-0.2, -0.15) is 5.10 Å². The van der Waals surface area contributed by atoms with Gasteiger partial charge >= 0.3 is 0 Å². The summed E-state index contributed by atoms with van der Waals surface area (Å²) in [6.07, 6.45) is 3.92. The van der Waals surface area contributed by atoms with Crippen LogP contribution in [0.3, 0.4) is 0 Å². The van der Waals surface area contributed by atoms with Crippen LogP contribution < -0.4 is 11.3 Å². The Hall–Kier alpha value is -3.26. The van der Waals surface area contributed by atoms with Gasteiger partial charge in [-0.05, 0) is 34.9 Å². The quantitative estimate of drug-likeness (QED) is 0.521. The first kappa shape index (κ1) is 15.3. The topological polar surface area (TPSA) is 118 Å². The Labute approximate surface area is 145 Å². The number of benzene rings is 1. The summed E-state index contributed by atoms with van der Waals surface area (Å²) in [6.45, 7) is 0. The number of fused-ring (bicyclic) bond motifs is 1. The Morgan fingerprint density at radius 1 is 1.24 bits per heavy atom. The van der Waals surface area contributed by atoms with Crippen molar-refractivity contribution in [1.29, 1.82) is 0 Å². The highest BCUT2D eigenvalue weighted by atomic mass is 32.1. The van der Waals surface area contributed by atoms with Gasteiger partial charge in [0.2, 0.25) is 5.56 Å². The molecule has 0 aliphatic carbocycles. The normalized spacial score (nSPS) is 11.0. The average Bonchev–Trinajstić information content (AvgIpc) is 3.23. The van der Waals surface area contributed by atoms with Crippen LogP contribution in [0.2, 0.25) is 0 Å². The number of nitrogens with two attached hydrogens (primary N) is 1. The van der Waals surface area contributed by atoms with Crippen LogP contribution in [-0.4, -0.2) is 26.1 Å². The van der Waals surface area contributed by atoms with E-state index in [1.807, 2.05) is 18.2 Å². The van der Waals surface area contributed by atoms with Gasteiger partial charge in [0.1, 0.15) is 5.69 Å². The Kier molecular flexibility index (Phi) is 3.66. The molecule has 8 heteroatoms. The number of primary amides is 1. The first-order valence-corrected chi connectivity index (χ1v) is 8.37. The van der Waals surface area contributed by atoms with Gasteiger partial charge in [0.05, 0.1) is 16.7 Å². The van der Waals surface area contributed by atoms with Crippen molar-refractivity contribution < 1.29 is 4.79 Å². The lowest BCUT2D eigenvalue weighted by atomic mass is 9.99. The lowest BCUT2D eigenvalue weighted by Crippen LogP contribution is -2.11. The second-order valence-corrected chi connectivity index (χ2v) is 6.52. The molecule has 0 bridgehead atoms. The Balaban J connectivity index is 1.80. The van der Waals surface area contributed by atoms with Crippen LogP contribution in [0.5, 0.6) is 0 Å². The van der Waals surface area contributed by atoms with Crippen LogP contribution in [0.15, 0.2) is 46.8 Å². The largest absolute Gasteiger partial charge is 0.364 e. The minimum Gasteiger partial charge on any atom is -0.364 e. The molecule has 1 aromatic carbocycles. The van der Waals surface area contributed by atoms with Crippen molar-refractivity contribution in [3.05, 3.63) is 68.7 Å². The van der Waals surface area contributed by atoms with Crippen molar-refractivity contribution >= 4 is 28.1 Å². The fourth-order valence-corrected chi connectivity index (χ4v) is 3.54. The molecule has 4 rings (SSSR count). The van der Waals surface area contributed by atoms with Gasteiger partial charge in [-0.1, -0.05) is 0 Å². The smallest absolute Gasteiger partial charge is 0.268 e. The van der Waals surface area contributed by atoms with Gasteiger partial charge in [0, 0.05) is 29.5 Å². The maximum Gasteiger partial charge on any atom is 0.268 e. The second kappa shape index (κ2) is 5.99. The number of nitrogens with one attached hydrogen (secondary N) is 2. The van der Waals surface area contributed by atoms with Crippen molar-refractivity contribution in [2.75, 3.05) is 0 Å². The molecule has 0 fully saturated rings. The Morgan fingerprint density at radius 3 is 2.88 bits per heavy atom. The molecule has 0 atom stereocenters. The third-order valence-electron chi connectivity index (χ3n) is 3.90. The zero-order valence-corrected chi connectivity index (χ0v) is 13.8. The van der Waals surface area contributed by atoms with E-state index in [4.69, 9.17) is 5.73 Å². The van der Waals surface area contributed by atoms with Gasteiger partial charge in [0.15, 0.2) is 0 Å². The van der Waals surface area contributed by atoms with Crippen LogP contribution in [0.1, 0.15) is 21.1 Å². The number of pyridine rings is 1. The summed E-state index contributed by atoms with van der Waals surface area (Å²) in [6, 6.07) is 7.36. The minimum absolute atomic E-state index is 0.158. The van der Waals surface area contributed by atoms with Crippen LogP contribution in [0.25, 0.3) is 22.0 Å². The van der Waals surface area contributed by atoms with Gasteiger partial charge in [0.25, 0.3) is 5.91 Å². The van der Waals surface area contributed by atoms with E-state index < -0.39 is 5.91 Å². The maximum absolute atomic E-state index is 11.6. The Bertz CT molecular complexity index is 1140. The molecule has 3 aromatic heterocycles. The molecule has 0 radical (unpaired) electrons. The summed E-state index contributed by atoms with van der Waals surface area (Å²) >= 11 is 1.39. The van der Waals surface area contributed by atoms with Gasteiger partial charge in [-0.25, -0.2) is 4.98 Å². The molecule has 7 nitrogen and oxygen atoms in total. The third kappa shape index (κ3) is 2.94. The fraction of sp³-hybridized carbons (Fsp3) is 0.0588. The number of aromatic nitrogens is 4. The molecule has 4 aromatic rings. The van der Waals surface area contributed by atoms with Crippen molar-refractivity contribution in [3.8, 4) is 11.1 Å². The zero-order valence-electron chi connectivity index (χ0n) is 12.9. The zero-order chi connectivity index (χ0) is 17.4. The predicted molar refractivity (Wildman–Crippen MR) is 95.6 cm³/mol. The van der Waals surface area contributed by atoms with Crippen molar-refractivity contribution in [2.24, 2.45) is 5.73 Å². The van der Waals surface area contributed by atoms with Crippen LogP contribution in [0.4, 0.5) is 0 Å². The minimum atomic E-state index is -0.534. The lowest BCUT2D eigenvalue weighted by Gasteiger charge is -2.06. The number of hydrogen-bond donors (Lipinski definition) is 3. The van der Waals surface area contributed by atoms with Crippen molar-refractivity contribution in [2.45, 2.75) is 6.42 Å². The summed E-state index contributed by atoms with van der Waals surface area (Å²) in [5, 5.41) is 10.5. The summed E-state index contributed by atoms with van der Waals surface area (Å²) < 4.78 is 0. The molecule has 0 saturated carbocycles. The van der Waals surface area contributed by atoms with Gasteiger partial charge in [-0.3, -0.25) is 14.7 Å². The molecule has 0 aliphatic heterocycles. The lowest BCUT2D eigenvalue weighted by molar-refractivity contribution is 0.0996. The number of hydrogen-bond acceptors (Lipinski definition) is 5. The highest BCUT2D eigenvalue weighted by Crippen LogP contribution is 2.28. The van der Waals surface area contributed by atoms with E-state index in [0.29, 0.717) is 6.42 Å². The van der Waals surface area contributed by atoms with E-state index in [1.165, 1.54) is 11.3 Å². The number of carbonyl (C=O) groups is 1. The number of amides is 1. The van der Waals surface area contributed by atoms with E-state index in [-0.39, 0.29) is 11.3 Å². The van der Waals surface area contributed by atoms with Crippen LogP contribution in [-0.2, 0) is 6.42 Å². The molecule has 0 saturated heterocycles.